The fraction of sp³-hybridized carbons (Fsp3) is 0.545. The van der Waals surface area contributed by atoms with Crippen LogP contribution in [0.5, 0.6) is 5.75 Å². The van der Waals surface area contributed by atoms with Gasteiger partial charge in [-0.15, -0.1) is 5.10 Å². The highest BCUT2D eigenvalue weighted by Crippen LogP contribution is 2.42. The molecule has 3 heterocycles. The summed E-state index contributed by atoms with van der Waals surface area (Å²) in [7, 11) is 1.72. The number of methoxy groups -OCH3 is 1. The van der Waals surface area contributed by atoms with Crippen molar-refractivity contribution < 1.29 is 4.74 Å². The number of likely N-dealkylation sites (tertiary alicyclic amines) is 1. The Kier molecular flexibility index (Phi) is 5.30. The largest absolute Gasteiger partial charge is 0.497 e. The third-order valence-electron chi connectivity index (χ3n) is 6.41. The minimum Gasteiger partial charge on any atom is -0.497 e. The summed E-state index contributed by atoms with van der Waals surface area (Å²) in [6.45, 7) is 7.66. The van der Waals surface area contributed by atoms with Crippen molar-refractivity contribution in [2.24, 2.45) is 5.41 Å². The van der Waals surface area contributed by atoms with E-state index in [0.717, 1.165) is 36.9 Å². The third-order valence-corrected chi connectivity index (χ3v) is 6.41. The van der Waals surface area contributed by atoms with Crippen molar-refractivity contribution >= 4 is 5.82 Å². The molecule has 5 heteroatoms. The number of hydrogen-bond donors (Lipinski definition) is 0. The molecule has 2 fully saturated rings. The van der Waals surface area contributed by atoms with Crippen LogP contribution in [0.15, 0.2) is 36.4 Å². The van der Waals surface area contributed by atoms with Gasteiger partial charge >= 0.3 is 0 Å². The lowest BCUT2D eigenvalue weighted by Crippen LogP contribution is -2.46. The molecule has 144 valence electrons. The molecule has 2 aromatic rings. The Bertz CT molecular complexity index is 726. The number of hydrogen-bond acceptors (Lipinski definition) is 5. The molecular weight excluding hydrogens is 336 g/mol. The van der Waals surface area contributed by atoms with Crippen molar-refractivity contribution in [3.8, 4) is 5.75 Å². The first-order valence-electron chi connectivity index (χ1n) is 10.1. The van der Waals surface area contributed by atoms with Crippen LogP contribution < -0.4 is 9.64 Å². The third kappa shape index (κ3) is 4.24. The van der Waals surface area contributed by atoms with Gasteiger partial charge in [-0.25, -0.2) is 0 Å². The number of piperidine rings is 2. The second kappa shape index (κ2) is 7.85. The zero-order chi connectivity index (χ0) is 18.7. The van der Waals surface area contributed by atoms with Crippen LogP contribution in [-0.2, 0) is 6.54 Å². The summed E-state index contributed by atoms with van der Waals surface area (Å²) in [5.74, 6) is 1.97. The van der Waals surface area contributed by atoms with Crippen LogP contribution in [0.1, 0.15) is 36.9 Å². The van der Waals surface area contributed by atoms with E-state index in [2.05, 4.69) is 56.4 Å². The SMILES string of the molecule is COc1ccc(CN2CCC3(CC2)CCN(c2ccc(C)nn2)CC3)cc1. The lowest BCUT2D eigenvalue weighted by atomic mass is 9.71. The predicted octanol–water partition coefficient (Wildman–Crippen LogP) is 3.68. The number of aromatic nitrogens is 2. The number of benzene rings is 1. The maximum Gasteiger partial charge on any atom is 0.151 e. The molecule has 1 spiro atoms. The molecule has 2 aliphatic heterocycles. The molecule has 0 unspecified atom stereocenters. The van der Waals surface area contributed by atoms with Crippen molar-refractivity contribution in [2.45, 2.75) is 39.2 Å². The normalized spacial score (nSPS) is 20.0. The summed E-state index contributed by atoms with van der Waals surface area (Å²) in [6, 6.07) is 12.7. The summed E-state index contributed by atoms with van der Waals surface area (Å²) in [6.07, 6.45) is 5.19. The second-order valence-corrected chi connectivity index (χ2v) is 8.14. The predicted molar refractivity (Wildman–Crippen MR) is 108 cm³/mol. The average Bonchev–Trinajstić information content (AvgIpc) is 2.72. The van der Waals surface area contributed by atoms with Crippen LogP contribution in [0.4, 0.5) is 5.82 Å². The fourth-order valence-corrected chi connectivity index (χ4v) is 4.45. The molecule has 1 aromatic carbocycles. The van der Waals surface area contributed by atoms with Crippen molar-refractivity contribution in [1.29, 1.82) is 0 Å². The van der Waals surface area contributed by atoms with Gasteiger partial charge in [-0.1, -0.05) is 12.1 Å². The molecule has 5 nitrogen and oxygen atoms in total. The van der Waals surface area contributed by atoms with Crippen molar-refractivity contribution in [2.75, 3.05) is 38.2 Å². The van der Waals surface area contributed by atoms with E-state index < -0.39 is 0 Å². The summed E-state index contributed by atoms with van der Waals surface area (Å²) < 4.78 is 5.25. The molecule has 0 atom stereocenters. The number of anilines is 1. The van der Waals surface area contributed by atoms with Gasteiger partial charge in [-0.05, 0) is 80.9 Å². The van der Waals surface area contributed by atoms with Crippen LogP contribution in [0.2, 0.25) is 0 Å². The Labute approximate surface area is 162 Å². The first-order chi connectivity index (χ1) is 13.2. The van der Waals surface area contributed by atoms with Gasteiger partial charge in [0.15, 0.2) is 5.82 Å². The van der Waals surface area contributed by atoms with Gasteiger partial charge in [0.2, 0.25) is 0 Å². The Morgan fingerprint density at radius 1 is 0.889 bits per heavy atom. The summed E-state index contributed by atoms with van der Waals surface area (Å²) >= 11 is 0. The highest BCUT2D eigenvalue weighted by Gasteiger charge is 2.37. The number of nitrogens with zero attached hydrogens (tertiary/aromatic N) is 4. The Morgan fingerprint density at radius 2 is 1.56 bits per heavy atom. The smallest absolute Gasteiger partial charge is 0.151 e. The minimum absolute atomic E-state index is 0.533. The molecule has 0 aliphatic carbocycles. The van der Waals surface area contributed by atoms with Crippen LogP contribution >= 0.6 is 0 Å². The van der Waals surface area contributed by atoms with Crippen molar-refractivity contribution in [3.05, 3.63) is 47.7 Å². The molecule has 0 saturated carbocycles. The highest BCUT2D eigenvalue weighted by atomic mass is 16.5. The average molecular weight is 367 g/mol. The Hall–Kier alpha value is -2.14. The van der Waals surface area contributed by atoms with Gasteiger partial charge in [0.05, 0.1) is 12.8 Å². The highest BCUT2D eigenvalue weighted by molar-refractivity contribution is 5.38. The minimum atomic E-state index is 0.533. The van der Waals surface area contributed by atoms with Gasteiger partial charge in [0, 0.05) is 19.6 Å². The molecule has 2 saturated heterocycles. The summed E-state index contributed by atoms with van der Waals surface area (Å²) in [4.78, 5) is 5.01. The molecule has 1 aromatic heterocycles. The lowest BCUT2D eigenvalue weighted by Gasteiger charge is -2.47. The number of aryl methyl sites for hydroxylation is 1. The Balaban J connectivity index is 1.28. The first kappa shape index (κ1) is 18.2. The van der Waals surface area contributed by atoms with Crippen molar-refractivity contribution in [3.63, 3.8) is 0 Å². The molecule has 4 rings (SSSR count). The zero-order valence-electron chi connectivity index (χ0n) is 16.5. The van der Waals surface area contributed by atoms with Gasteiger partial charge < -0.3 is 9.64 Å². The molecule has 0 amide bonds. The monoisotopic (exact) mass is 366 g/mol. The van der Waals surface area contributed by atoms with Gasteiger partial charge in [-0.2, -0.15) is 5.10 Å². The summed E-state index contributed by atoms with van der Waals surface area (Å²) in [5, 5.41) is 8.58. The molecular formula is C22H30N4O. The van der Waals surface area contributed by atoms with Gasteiger partial charge in [0.1, 0.15) is 5.75 Å². The maximum absolute atomic E-state index is 5.25. The number of ether oxygens (including phenoxy) is 1. The topological polar surface area (TPSA) is 41.5 Å². The maximum atomic E-state index is 5.25. The van der Waals surface area contributed by atoms with Gasteiger partial charge in [0.25, 0.3) is 0 Å². The molecule has 2 aliphatic rings. The Morgan fingerprint density at radius 3 is 2.15 bits per heavy atom. The van der Waals surface area contributed by atoms with E-state index >= 15 is 0 Å². The molecule has 0 bridgehead atoms. The van der Waals surface area contributed by atoms with E-state index in [0.29, 0.717) is 5.41 Å². The van der Waals surface area contributed by atoms with Crippen LogP contribution in [-0.4, -0.2) is 48.4 Å². The van der Waals surface area contributed by atoms with Gasteiger partial charge in [-0.3, -0.25) is 4.90 Å². The van der Waals surface area contributed by atoms with E-state index in [1.165, 1.54) is 44.3 Å². The van der Waals surface area contributed by atoms with E-state index in [1.807, 2.05) is 6.92 Å². The number of rotatable bonds is 4. The quantitative estimate of drug-likeness (QED) is 0.826. The van der Waals surface area contributed by atoms with Crippen LogP contribution in [0.3, 0.4) is 0 Å². The van der Waals surface area contributed by atoms with E-state index in [4.69, 9.17) is 4.74 Å². The standard InChI is InChI=1S/C22H30N4O/c1-18-3-8-21(24-23-18)26-15-11-22(12-16-26)9-13-25(14-10-22)17-19-4-6-20(27-2)7-5-19/h3-8H,9-17H2,1-2H3. The van der Waals surface area contributed by atoms with Crippen LogP contribution in [0.25, 0.3) is 0 Å². The first-order valence-corrected chi connectivity index (χ1v) is 10.1. The van der Waals surface area contributed by atoms with Crippen molar-refractivity contribution in [1.82, 2.24) is 15.1 Å². The zero-order valence-corrected chi connectivity index (χ0v) is 16.5. The molecule has 0 N–H and O–H groups in total. The van der Waals surface area contributed by atoms with E-state index in [-0.39, 0.29) is 0 Å². The molecule has 0 radical (unpaired) electrons. The molecule has 27 heavy (non-hydrogen) atoms. The van der Waals surface area contributed by atoms with Crippen LogP contribution in [0, 0.1) is 12.3 Å². The lowest BCUT2D eigenvalue weighted by molar-refractivity contribution is 0.0757. The van der Waals surface area contributed by atoms with E-state index in [9.17, 15) is 0 Å². The second-order valence-electron chi connectivity index (χ2n) is 8.14. The summed E-state index contributed by atoms with van der Waals surface area (Å²) in [5.41, 5.74) is 2.89. The fourth-order valence-electron chi connectivity index (χ4n) is 4.45. The van der Waals surface area contributed by atoms with E-state index in [1.54, 1.807) is 7.11 Å².